The normalized spacial score (nSPS) is 9.80. The Bertz CT molecular complexity index is 93.6. The maximum absolute atomic E-state index is 11.5. The lowest BCUT2D eigenvalue weighted by Gasteiger charge is -1.93. The van der Waals surface area contributed by atoms with Crippen molar-refractivity contribution in [2.24, 2.45) is 0 Å². The van der Waals surface area contributed by atoms with Gasteiger partial charge in [-0.3, -0.25) is 9.18 Å². The molecule has 0 spiro atoms. The van der Waals surface area contributed by atoms with Gasteiger partial charge in [-0.05, 0) is 12.8 Å². The summed E-state index contributed by atoms with van der Waals surface area (Å²) in [6, 6.07) is 0. The number of carbonyl (C=O) groups excluding carboxylic acids is 1. The SMILES string of the molecule is O=C(CF)CCCCCF. The fraction of sp³-hybridized carbons (Fsp3) is 0.857. The Morgan fingerprint density at radius 3 is 2.30 bits per heavy atom. The molecule has 0 radical (unpaired) electrons. The summed E-state index contributed by atoms with van der Waals surface area (Å²) < 4.78 is 22.9. The van der Waals surface area contributed by atoms with Gasteiger partial charge in [0.2, 0.25) is 0 Å². The first-order valence-corrected chi connectivity index (χ1v) is 3.45. The maximum Gasteiger partial charge on any atom is 0.163 e. The van der Waals surface area contributed by atoms with Crippen LogP contribution in [0, 0.1) is 0 Å². The van der Waals surface area contributed by atoms with Crippen molar-refractivity contribution in [3.8, 4) is 0 Å². The second-order valence-electron chi connectivity index (χ2n) is 2.17. The highest BCUT2D eigenvalue weighted by atomic mass is 19.1. The van der Waals surface area contributed by atoms with Crippen molar-refractivity contribution in [1.29, 1.82) is 0 Å². The molecule has 3 heteroatoms. The molecule has 0 aliphatic rings. The number of halogens is 2. The molecule has 0 bridgehead atoms. The van der Waals surface area contributed by atoms with Gasteiger partial charge in [0.25, 0.3) is 0 Å². The van der Waals surface area contributed by atoms with Crippen LogP contribution in [0.1, 0.15) is 25.7 Å². The van der Waals surface area contributed by atoms with E-state index in [0.29, 0.717) is 19.3 Å². The quantitative estimate of drug-likeness (QED) is 0.529. The largest absolute Gasteiger partial charge is 0.297 e. The Morgan fingerprint density at radius 1 is 1.10 bits per heavy atom. The summed E-state index contributed by atoms with van der Waals surface area (Å²) in [7, 11) is 0. The van der Waals surface area contributed by atoms with E-state index in [9.17, 15) is 13.6 Å². The molecule has 0 amide bonds. The Labute approximate surface area is 59.4 Å². The smallest absolute Gasteiger partial charge is 0.163 e. The van der Waals surface area contributed by atoms with Crippen LogP contribution in [0.3, 0.4) is 0 Å². The summed E-state index contributed by atoms with van der Waals surface area (Å²) in [4.78, 5) is 10.3. The molecule has 0 aromatic heterocycles. The molecule has 0 aliphatic heterocycles. The van der Waals surface area contributed by atoms with E-state index in [0.717, 1.165) is 0 Å². The molecule has 0 unspecified atom stereocenters. The van der Waals surface area contributed by atoms with Crippen LogP contribution in [-0.4, -0.2) is 19.1 Å². The van der Waals surface area contributed by atoms with Gasteiger partial charge in [-0.1, -0.05) is 6.42 Å². The van der Waals surface area contributed by atoms with Crippen LogP contribution in [0.15, 0.2) is 0 Å². The summed E-state index contributed by atoms with van der Waals surface area (Å²) in [6.45, 7) is -1.22. The summed E-state index contributed by atoms with van der Waals surface area (Å²) >= 11 is 0. The third-order valence-electron chi connectivity index (χ3n) is 1.24. The molecule has 0 N–H and O–H groups in total. The van der Waals surface area contributed by atoms with Crippen molar-refractivity contribution < 1.29 is 13.6 Å². The molecular formula is C7H12F2O. The average Bonchev–Trinajstić information content (AvgIpc) is 1.98. The number of Topliss-reactive ketones (excluding diaryl/α,β-unsaturated/α-hetero) is 1. The first-order chi connectivity index (χ1) is 4.81. The average molecular weight is 150 g/mol. The van der Waals surface area contributed by atoms with Crippen LogP contribution in [0.4, 0.5) is 8.78 Å². The van der Waals surface area contributed by atoms with Gasteiger partial charge in [0.05, 0.1) is 6.67 Å². The van der Waals surface area contributed by atoms with Gasteiger partial charge in [-0.15, -0.1) is 0 Å². The molecule has 0 aliphatic carbocycles. The minimum atomic E-state index is -0.879. The van der Waals surface area contributed by atoms with Crippen LogP contribution >= 0.6 is 0 Å². The predicted octanol–water partition coefficient (Wildman–Crippen LogP) is 2.05. The van der Waals surface area contributed by atoms with E-state index in [2.05, 4.69) is 0 Å². The first-order valence-electron chi connectivity index (χ1n) is 3.45. The van der Waals surface area contributed by atoms with Gasteiger partial charge < -0.3 is 0 Å². The highest BCUT2D eigenvalue weighted by Crippen LogP contribution is 2.00. The Morgan fingerprint density at radius 2 is 1.80 bits per heavy atom. The molecule has 0 saturated heterocycles. The Balaban J connectivity index is 2.96. The number of carbonyl (C=O) groups is 1. The van der Waals surface area contributed by atoms with Gasteiger partial charge in [0.1, 0.15) is 6.67 Å². The van der Waals surface area contributed by atoms with E-state index in [-0.39, 0.29) is 18.9 Å². The lowest BCUT2D eigenvalue weighted by atomic mass is 10.1. The number of rotatable bonds is 6. The summed E-state index contributed by atoms with van der Waals surface area (Å²) in [6.07, 6.45) is 2.05. The Kier molecular flexibility index (Phi) is 6.33. The van der Waals surface area contributed by atoms with Gasteiger partial charge in [0, 0.05) is 6.42 Å². The zero-order chi connectivity index (χ0) is 7.82. The second kappa shape index (κ2) is 6.65. The number of hydrogen-bond donors (Lipinski definition) is 0. The van der Waals surface area contributed by atoms with Crippen molar-refractivity contribution in [2.45, 2.75) is 25.7 Å². The van der Waals surface area contributed by atoms with Crippen molar-refractivity contribution in [3.05, 3.63) is 0 Å². The molecule has 0 saturated carbocycles. The lowest BCUT2D eigenvalue weighted by Crippen LogP contribution is -1.98. The molecule has 0 fully saturated rings. The molecule has 0 atom stereocenters. The second-order valence-corrected chi connectivity index (χ2v) is 2.17. The van der Waals surface area contributed by atoms with E-state index in [1.54, 1.807) is 0 Å². The van der Waals surface area contributed by atoms with E-state index in [4.69, 9.17) is 0 Å². The van der Waals surface area contributed by atoms with Crippen LogP contribution in [0.2, 0.25) is 0 Å². The van der Waals surface area contributed by atoms with Crippen LogP contribution in [0.25, 0.3) is 0 Å². The van der Waals surface area contributed by atoms with Gasteiger partial charge in [-0.25, -0.2) is 4.39 Å². The summed E-state index contributed by atoms with van der Waals surface area (Å²) in [5.41, 5.74) is 0. The monoisotopic (exact) mass is 150 g/mol. The highest BCUT2D eigenvalue weighted by Gasteiger charge is 1.98. The fourth-order valence-corrected chi connectivity index (χ4v) is 0.660. The topological polar surface area (TPSA) is 17.1 Å². The minimum absolute atomic E-state index is 0.260. The Hall–Kier alpha value is -0.470. The number of alkyl halides is 2. The van der Waals surface area contributed by atoms with Gasteiger partial charge in [-0.2, -0.15) is 0 Å². The fourth-order valence-electron chi connectivity index (χ4n) is 0.660. The van der Waals surface area contributed by atoms with Crippen molar-refractivity contribution >= 4 is 5.78 Å². The molecule has 0 heterocycles. The van der Waals surface area contributed by atoms with Gasteiger partial charge in [0.15, 0.2) is 5.78 Å². The number of ketones is 1. The molecule has 60 valence electrons. The van der Waals surface area contributed by atoms with E-state index >= 15 is 0 Å². The van der Waals surface area contributed by atoms with Crippen molar-refractivity contribution in [1.82, 2.24) is 0 Å². The molecule has 1 nitrogen and oxygen atoms in total. The third kappa shape index (κ3) is 5.66. The van der Waals surface area contributed by atoms with Crippen molar-refractivity contribution in [3.63, 3.8) is 0 Å². The van der Waals surface area contributed by atoms with Crippen LogP contribution in [-0.2, 0) is 4.79 Å². The number of hydrogen-bond acceptors (Lipinski definition) is 1. The zero-order valence-electron chi connectivity index (χ0n) is 5.91. The van der Waals surface area contributed by atoms with E-state index in [1.165, 1.54) is 0 Å². The first kappa shape index (κ1) is 9.53. The van der Waals surface area contributed by atoms with Crippen molar-refractivity contribution in [2.75, 3.05) is 13.3 Å². The summed E-state index contributed by atoms with van der Waals surface area (Å²) in [5, 5.41) is 0. The van der Waals surface area contributed by atoms with E-state index in [1.807, 2.05) is 0 Å². The van der Waals surface area contributed by atoms with Gasteiger partial charge >= 0.3 is 0 Å². The predicted molar refractivity (Wildman–Crippen MR) is 35.4 cm³/mol. The maximum atomic E-state index is 11.5. The molecule has 0 aromatic carbocycles. The lowest BCUT2D eigenvalue weighted by molar-refractivity contribution is -0.120. The molecule has 0 rings (SSSR count). The zero-order valence-corrected chi connectivity index (χ0v) is 5.91. The molecule has 0 aromatic rings. The molecule has 10 heavy (non-hydrogen) atoms. The van der Waals surface area contributed by atoms with Crippen LogP contribution < -0.4 is 0 Å². The minimum Gasteiger partial charge on any atom is -0.297 e. The van der Waals surface area contributed by atoms with Crippen LogP contribution in [0.5, 0.6) is 0 Å². The standard InChI is InChI=1S/C7H12F2O/c8-5-3-1-2-4-7(10)6-9/h1-6H2. The van der Waals surface area contributed by atoms with E-state index < -0.39 is 6.67 Å². The molecular weight excluding hydrogens is 138 g/mol. The highest BCUT2D eigenvalue weighted by molar-refractivity contribution is 5.79. The number of unbranched alkanes of at least 4 members (excludes halogenated alkanes) is 2. The third-order valence-corrected chi connectivity index (χ3v) is 1.24. The summed E-state index contributed by atoms with van der Waals surface area (Å²) in [5.74, 6) is -0.376.